The summed E-state index contributed by atoms with van der Waals surface area (Å²) in [5.74, 6) is 6.63. The van der Waals surface area contributed by atoms with Gasteiger partial charge in [0.1, 0.15) is 12.4 Å². The minimum absolute atomic E-state index is 0.296. The van der Waals surface area contributed by atoms with Crippen LogP contribution in [0.5, 0.6) is 5.75 Å². The second kappa shape index (κ2) is 7.19. The van der Waals surface area contributed by atoms with Gasteiger partial charge in [-0.05, 0) is 24.6 Å². The predicted octanol–water partition coefficient (Wildman–Crippen LogP) is 4.21. The van der Waals surface area contributed by atoms with Crippen LogP contribution in [0.2, 0.25) is 5.02 Å². The predicted molar refractivity (Wildman–Crippen MR) is 82.4 cm³/mol. The third-order valence-electron chi connectivity index (χ3n) is 2.62. The van der Waals surface area contributed by atoms with E-state index in [9.17, 15) is 0 Å². The average molecular weight is 306 g/mol. The molecule has 4 heteroatoms. The molecule has 0 saturated carbocycles. The number of nitrogens with zero attached hydrogens (tertiary/aromatic N) is 1. The largest absolute Gasteiger partial charge is 0.487 e. The molecular formula is C16H13Cl2NO. The third-order valence-corrected chi connectivity index (χ3v) is 3.10. The number of ether oxygens (including phenoxy) is 1. The Morgan fingerprint density at radius 3 is 2.85 bits per heavy atom. The maximum Gasteiger partial charge on any atom is 0.139 e. The molecule has 2 nitrogen and oxygen atoms in total. The summed E-state index contributed by atoms with van der Waals surface area (Å²) in [6.07, 6.45) is 3.32. The first-order chi connectivity index (χ1) is 9.69. The summed E-state index contributed by atoms with van der Waals surface area (Å²) in [7, 11) is 0. The number of hydrogen-bond donors (Lipinski definition) is 0. The van der Waals surface area contributed by atoms with Crippen molar-refractivity contribution in [1.29, 1.82) is 0 Å². The topological polar surface area (TPSA) is 22.1 Å². The maximum absolute atomic E-state index is 6.16. The molecular weight excluding hydrogens is 293 g/mol. The molecule has 0 radical (unpaired) electrons. The lowest BCUT2D eigenvalue weighted by Crippen LogP contribution is -1.97. The van der Waals surface area contributed by atoms with Crippen LogP contribution in [0.4, 0.5) is 0 Å². The first-order valence-corrected chi connectivity index (χ1v) is 6.98. The van der Waals surface area contributed by atoms with E-state index in [0.717, 1.165) is 16.7 Å². The lowest BCUT2D eigenvalue weighted by Gasteiger charge is -2.08. The van der Waals surface area contributed by atoms with E-state index in [-0.39, 0.29) is 0 Å². The van der Waals surface area contributed by atoms with Gasteiger partial charge in [-0.1, -0.05) is 35.6 Å². The van der Waals surface area contributed by atoms with Crippen molar-refractivity contribution in [1.82, 2.24) is 4.98 Å². The van der Waals surface area contributed by atoms with E-state index in [1.165, 1.54) is 0 Å². The van der Waals surface area contributed by atoms with Gasteiger partial charge in [-0.25, -0.2) is 0 Å². The first-order valence-electron chi connectivity index (χ1n) is 6.07. The van der Waals surface area contributed by atoms with Gasteiger partial charge >= 0.3 is 0 Å². The maximum atomic E-state index is 6.16. The van der Waals surface area contributed by atoms with Crippen molar-refractivity contribution >= 4 is 23.2 Å². The van der Waals surface area contributed by atoms with Crippen molar-refractivity contribution in [2.45, 2.75) is 13.5 Å². The van der Waals surface area contributed by atoms with Gasteiger partial charge in [0, 0.05) is 22.3 Å². The van der Waals surface area contributed by atoms with Gasteiger partial charge in [-0.2, -0.15) is 0 Å². The average Bonchev–Trinajstić information content (AvgIpc) is 2.45. The molecule has 102 valence electrons. The number of pyridine rings is 1. The van der Waals surface area contributed by atoms with Crippen LogP contribution in [-0.2, 0) is 6.61 Å². The van der Waals surface area contributed by atoms with E-state index in [2.05, 4.69) is 16.8 Å². The molecule has 1 heterocycles. The summed E-state index contributed by atoms with van der Waals surface area (Å²) < 4.78 is 5.69. The zero-order chi connectivity index (χ0) is 14.4. The Kier molecular flexibility index (Phi) is 5.29. The van der Waals surface area contributed by atoms with Crippen LogP contribution in [0, 0.1) is 18.8 Å². The van der Waals surface area contributed by atoms with E-state index in [1.54, 1.807) is 12.4 Å². The van der Waals surface area contributed by atoms with Crippen molar-refractivity contribution in [3.8, 4) is 17.6 Å². The van der Waals surface area contributed by atoms with E-state index in [1.807, 2.05) is 31.2 Å². The Morgan fingerprint density at radius 2 is 2.10 bits per heavy atom. The number of alkyl halides is 1. The molecule has 0 saturated heterocycles. The molecule has 0 fully saturated rings. The number of benzene rings is 1. The Labute approximate surface area is 128 Å². The molecule has 0 unspecified atom stereocenters. The van der Waals surface area contributed by atoms with Crippen molar-refractivity contribution in [2.24, 2.45) is 0 Å². The molecule has 0 N–H and O–H groups in total. The van der Waals surface area contributed by atoms with Crippen LogP contribution in [0.3, 0.4) is 0 Å². The minimum atomic E-state index is 0.296. The molecule has 0 aliphatic rings. The Balaban J connectivity index is 2.07. The quantitative estimate of drug-likeness (QED) is 0.626. The fourth-order valence-electron chi connectivity index (χ4n) is 1.63. The number of hydrogen-bond acceptors (Lipinski definition) is 2. The summed E-state index contributed by atoms with van der Waals surface area (Å²) in [6.45, 7) is 2.40. The Bertz CT molecular complexity index is 659. The second-order valence-corrected chi connectivity index (χ2v) is 4.90. The van der Waals surface area contributed by atoms with Crippen LogP contribution < -0.4 is 4.74 Å². The van der Waals surface area contributed by atoms with Gasteiger partial charge in [0.05, 0.1) is 12.1 Å². The Hall–Kier alpha value is -1.69. The van der Waals surface area contributed by atoms with Crippen LogP contribution in [0.1, 0.15) is 16.7 Å². The highest BCUT2D eigenvalue weighted by Crippen LogP contribution is 2.20. The molecule has 2 rings (SSSR count). The zero-order valence-corrected chi connectivity index (χ0v) is 12.5. The molecule has 0 bridgehead atoms. The smallest absolute Gasteiger partial charge is 0.139 e. The number of aryl methyl sites for hydroxylation is 1. The van der Waals surface area contributed by atoms with Crippen molar-refractivity contribution in [3.63, 3.8) is 0 Å². The molecule has 0 aliphatic heterocycles. The molecule has 20 heavy (non-hydrogen) atoms. The van der Waals surface area contributed by atoms with Gasteiger partial charge in [-0.15, -0.1) is 11.6 Å². The lowest BCUT2D eigenvalue weighted by molar-refractivity contribution is 0.305. The molecule has 2 aromatic rings. The number of halogens is 2. The lowest BCUT2D eigenvalue weighted by atomic mass is 10.1. The highest BCUT2D eigenvalue weighted by Gasteiger charge is 2.02. The van der Waals surface area contributed by atoms with Gasteiger partial charge in [0.15, 0.2) is 0 Å². The van der Waals surface area contributed by atoms with Crippen LogP contribution in [0.25, 0.3) is 0 Å². The van der Waals surface area contributed by atoms with E-state index in [0.29, 0.717) is 23.3 Å². The zero-order valence-electron chi connectivity index (χ0n) is 11.0. The van der Waals surface area contributed by atoms with Crippen molar-refractivity contribution in [2.75, 3.05) is 5.88 Å². The molecule has 1 aromatic heterocycles. The van der Waals surface area contributed by atoms with Gasteiger partial charge < -0.3 is 4.74 Å². The minimum Gasteiger partial charge on any atom is -0.487 e. The fraction of sp³-hybridized carbons (Fsp3) is 0.188. The summed E-state index contributed by atoms with van der Waals surface area (Å²) in [4.78, 5) is 4.08. The van der Waals surface area contributed by atoms with Crippen LogP contribution in [-0.4, -0.2) is 10.9 Å². The van der Waals surface area contributed by atoms with Gasteiger partial charge in [0.2, 0.25) is 0 Å². The highest BCUT2D eigenvalue weighted by molar-refractivity contribution is 6.31. The second-order valence-electron chi connectivity index (χ2n) is 4.23. The normalized spacial score (nSPS) is 9.75. The fourth-order valence-corrected chi connectivity index (χ4v) is 1.99. The van der Waals surface area contributed by atoms with Crippen molar-refractivity contribution < 1.29 is 4.74 Å². The summed E-state index contributed by atoms with van der Waals surface area (Å²) >= 11 is 11.7. The highest BCUT2D eigenvalue weighted by atomic mass is 35.5. The Morgan fingerprint density at radius 1 is 1.25 bits per heavy atom. The number of rotatable bonds is 3. The standard InChI is InChI=1S/C16H13Cl2NO/c1-12-4-5-14(16(18)7-12)11-20-15-8-13(3-2-6-17)9-19-10-15/h4-5,7-10H,6,11H2,1H3. The summed E-state index contributed by atoms with van der Waals surface area (Å²) in [6, 6.07) is 7.71. The van der Waals surface area contributed by atoms with Crippen LogP contribution >= 0.6 is 23.2 Å². The van der Waals surface area contributed by atoms with Crippen LogP contribution in [0.15, 0.2) is 36.7 Å². The summed E-state index contributed by atoms with van der Waals surface area (Å²) in [5, 5.41) is 0.705. The number of aromatic nitrogens is 1. The third kappa shape index (κ3) is 4.16. The molecule has 0 spiro atoms. The molecule has 0 atom stereocenters. The van der Waals surface area contributed by atoms with Gasteiger partial charge in [0.25, 0.3) is 0 Å². The van der Waals surface area contributed by atoms with E-state index in [4.69, 9.17) is 27.9 Å². The molecule has 0 amide bonds. The van der Waals surface area contributed by atoms with Crippen molar-refractivity contribution in [3.05, 3.63) is 58.4 Å². The van der Waals surface area contributed by atoms with E-state index >= 15 is 0 Å². The first kappa shape index (κ1) is 14.7. The van der Waals surface area contributed by atoms with E-state index < -0.39 is 0 Å². The van der Waals surface area contributed by atoms with Gasteiger partial charge in [-0.3, -0.25) is 4.98 Å². The molecule has 1 aromatic carbocycles. The molecule has 0 aliphatic carbocycles. The SMILES string of the molecule is Cc1ccc(COc2cncc(C#CCCl)c2)c(Cl)c1. The summed E-state index contributed by atoms with van der Waals surface area (Å²) in [5.41, 5.74) is 2.84. The monoisotopic (exact) mass is 305 g/mol.